The van der Waals surface area contributed by atoms with Crippen molar-refractivity contribution in [3.63, 3.8) is 0 Å². The Morgan fingerprint density at radius 3 is 2.12 bits per heavy atom. The highest BCUT2D eigenvalue weighted by atomic mass is 16.5. The summed E-state index contributed by atoms with van der Waals surface area (Å²) in [6.07, 6.45) is 19.0. The van der Waals surface area contributed by atoms with Gasteiger partial charge in [0.2, 0.25) is 0 Å². The summed E-state index contributed by atoms with van der Waals surface area (Å²) in [7, 11) is 1.37. The Hall–Kier alpha value is -2.86. The Bertz CT molecular complexity index is 773. The van der Waals surface area contributed by atoms with Gasteiger partial charge in [0.15, 0.2) is 0 Å². The molecule has 0 spiro atoms. The number of carbonyl (C=O) groups is 1. The van der Waals surface area contributed by atoms with E-state index < -0.39 is 0 Å². The largest absolute Gasteiger partial charge is 0.465 e. The van der Waals surface area contributed by atoms with Crippen LogP contribution in [-0.4, -0.2) is 18.1 Å². The van der Waals surface area contributed by atoms with E-state index in [2.05, 4.69) is 87.5 Å². The molecule has 32 heavy (non-hydrogen) atoms. The van der Waals surface area contributed by atoms with Crippen molar-refractivity contribution in [3.05, 3.63) is 76.6 Å². The molecule has 0 fully saturated rings. The number of terminal acetylenes is 1. The molecular weight excluding hydrogens is 394 g/mol. The van der Waals surface area contributed by atoms with Crippen LogP contribution in [0.15, 0.2) is 54.2 Å². The van der Waals surface area contributed by atoms with Crippen LogP contribution in [0.4, 0.5) is 0 Å². The highest BCUT2D eigenvalue weighted by molar-refractivity contribution is 5.89. The molecule has 0 saturated heterocycles. The van der Waals surface area contributed by atoms with E-state index in [0.29, 0.717) is 5.56 Å². The molecule has 2 aromatic rings. The number of methoxy groups -OCH3 is 1. The molecule has 0 N–H and O–H groups in total. The van der Waals surface area contributed by atoms with Crippen molar-refractivity contribution >= 4 is 5.97 Å². The van der Waals surface area contributed by atoms with Gasteiger partial charge in [0.05, 0.1) is 12.7 Å². The third kappa shape index (κ3) is 15.9. The molecule has 0 amide bonds. The molecule has 0 radical (unpaired) electrons. The number of aromatic nitrogens is 1. The SMILES string of the molecule is C#C.C/C=C(\C)CC.CCCCCc1ccc(C)cc1.CCc1cc(C(=O)OC)ccn1. The number of aryl methyl sites for hydroxylation is 3. The maximum atomic E-state index is 11.0. The molecule has 176 valence electrons. The number of benzene rings is 1. The summed E-state index contributed by atoms with van der Waals surface area (Å²) in [5.41, 5.74) is 5.76. The van der Waals surface area contributed by atoms with Gasteiger partial charge in [-0.2, -0.15) is 0 Å². The first-order valence-electron chi connectivity index (χ1n) is 11.5. The standard InChI is InChI=1S/C12H18.C9H11NO2.C6H12.C2H2/c1-3-4-5-6-12-9-7-11(2)8-10-12;1-3-8-6-7(4-5-10-8)9(11)12-2;1-4-6(3)5-2;1-2/h7-10H,3-6H2,1-2H3;4-6H,3H2,1-2H3;4H,5H2,1-3H3;1-2H/b;;6-4+;. The molecule has 1 heterocycles. The molecule has 0 unspecified atom stereocenters. The minimum absolute atomic E-state index is 0.313. The normalized spacial score (nSPS) is 9.72. The molecule has 0 aliphatic rings. The Labute approximate surface area is 197 Å². The van der Waals surface area contributed by atoms with E-state index in [1.54, 1.807) is 18.3 Å². The zero-order valence-electron chi connectivity index (χ0n) is 21.3. The molecule has 0 saturated carbocycles. The predicted molar refractivity (Wildman–Crippen MR) is 139 cm³/mol. The Balaban J connectivity index is 0. The molecular formula is C29H43NO2. The first-order chi connectivity index (χ1) is 15.4. The number of ether oxygens (including phenoxy) is 1. The van der Waals surface area contributed by atoms with Gasteiger partial charge < -0.3 is 4.74 Å². The monoisotopic (exact) mass is 437 g/mol. The lowest BCUT2D eigenvalue weighted by Gasteiger charge is -2.00. The Kier molecular flexibility index (Phi) is 20.9. The second kappa shape index (κ2) is 21.4. The van der Waals surface area contributed by atoms with Crippen molar-refractivity contribution in [1.82, 2.24) is 4.98 Å². The maximum Gasteiger partial charge on any atom is 0.337 e. The Morgan fingerprint density at radius 2 is 1.69 bits per heavy atom. The van der Waals surface area contributed by atoms with E-state index >= 15 is 0 Å². The quantitative estimate of drug-likeness (QED) is 0.192. The number of carbonyl (C=O) groups excluding carboxylic acids is 1. The van der Waals surface area contributed by atoms with Gasteiger partial charge in [-0.25, -0.2) is 4.79 Å². The molecule has 3 heteroatoms. The molecule has 2 rings (SSSR count). The lowest BCUT2D eigenvalue weighted by atomic mass is 10.1. The van der Waals surface area contributed by atoms with Crippen molar-refractivity contribution in [3.8, 4) is 12.8 Å². The molecule has 3 nitrogen and oxygen atoms in total. The van der Waals surface area contributed by atoms with Crippen LogP contribution in [0, 0.1) is 19.8 Å². The average molecular weight is 438 g/mol. The number of allylic oxidation sites excluding steroid dienone is 2. The van der Waals surface area contributed by atoms with Crippen LogP contribution in [0.2, 0.25) is 0 Å². The molecule has 1 aromatic carbocycles. The predicted octanol–water partition coefficient (Wildman–Crippen LogP) is 7.77. The van der Waals surface area contributed by atoms with Gasteiger partial charge in [-0.3, -0.25) is 4.98 Å². The molecule has 0 aliphatic heterocycles. The number of nitrogens with zero attached hydrogens (tertiary/aromatic N) is 1. The van der Waals surface area contributed by atoms with Crippen LogP contribution < -0.4 is 0 Å². The number of pyridine rings is 1. The minimum atomic E-state index is -0.313. The van der Waals surface area contributed by atoms with E-state index in [1.807, 2.05) is 6.92 Å². The van der Waals surface area contributed by atoms with Gasteiger partial charge in [0.1, 0.15) is 0 Å². The van der Waals surface area contributed by atoms with E-state index in [1.165, 1.54) is 55.9 Å². The number of unbranched alkanes of at least 4 members (excludes halogenated alkanes) is 2. The summed E-state index contributed by atoms with van der Waals surface area (Å²) in [5.74, 6) is -0.313. The van der Waals surface area contributed by atoms with Crippen LogP contribution in [0.3, 0.4) is 0 Å². The van der Waals surface area contributed by atoms with Crippen molar-refractivity contribution < 1.29 is 9.53 Å². The third-order valence-corrected chi connectivity index (χ3v) is 4.84. The first kappa shape index (κ1) is 31.3. The van der Waals surface area contributed by atoms with Crippen LogP contribution in [0.1, 0.15) is 87.5 Å². The summed E-state index contributed by atoms with van der Waals surface area (Å²) < 4.78 is 4.57. The third-order valence-electron chi connectivity index (χ3n) is 4.84. The van der Waals surface area contributed by atoms with E-state index in [-0.39, 0.29) is 5.97 Å². The minimum Gasteiger partial charge on any atom is -0.465 e. The lowest BCUT2D eigenvalue weighted by molar-refractivity contribution is 0.0600. The lowest BCUT2D eigenvalue weighted by Crippen LogP contribution is -2.02. The second-order valence-electron chi connectivity index (χ2n) is 7.31. The smallest absolute Gasteiger partial charge is 0.337 e. The van der Waals surface area contributed by atoms with Gasteiger partial charge in [0, 0.05) is 11.9 Å². The topological polar surface area (TPSA) is 39.2 Å². The highest BCUT2D eigenvalue weighted by Gasteiger charge is 2.04. The fraction of sp³-hybridized carbons (Fsp3) is 0.448. The summed E-state index contributed by atoms with van der Waals surface area (Å²) in [6.45, 7) is 12.7. The van der Waals surface area contributed by atoms with Gasteiger partial charge in [-0.15, -0.1) is 12.8 Å². The van der Waals surface area contributed by atoms with Crippen molar-refractivity contribution in [2.45, 2.75) is 80.1 Å². The maximum absolute atomic E-state index is 11.0. The summed E-state index contributed by atoms with van der Waals surface area (Å²) in [4.78, 5) is 15.1. The fourth-order valence-electron chi connectivity index (χ4n) is 2.45. The first-order valence-corrected chi connectivity index (χ1v) is 11.5. The van der Waals surface area contributed by atoms with Crippen LogP contribution in [0.5, 0.6) is 0 Å². The van der Waals surface area contributed by atoms with Crippen molar-refractivity contribution in [2.24, 2.45) is 0 Å². The average Bonchev–Trinajstić information content (AvgIpc) is 2.86. The Morgan fingerprint density at radius 1 is 1.06 bits per heavy atom. The van der Waals surface area contributed by atoms with Crippen LogP contribution in [0.25, 0.3) is 0 Å². The van der Waals surface area contributed by atoms with Crippen molar-refractivity contribution in [1.29, 1.82) is 0 Å². The van der Waals surface area contributed by atoms with Gasteiger partial charge in [0.25, 0.3) is 0 Å². The highest BCUT2D eigenvalue weighted by Crippen LogP contribution is 2.08. The van der Waals surface area contributed by atoms with Crippen LogP contribution >= 0.6 is 0 Å². The number of hydrogen-bond acceptors (Lipinski definition) is 3. The van der Waals surface area contributed by atoms with Crippen molar-refractivity contribution in [2.75, 3.05) is 7.11 Å². The zero-order chi connectivity index (χ0) is 24.8. The summed E-state index contributed by atoms with van der Waals surface area (Å²) >= 11 is 0. The molecule has 0 aliphatic carbocycles. The van der Waals surface area contributed by atoms with E-state index in [4.69, 9.17) is 0 Å². The summed E-state index contributed by atoms with van der Waals surface area (Å²) in [5, 5.41) is 0. The number of esters is 1. The second-order valence-corrected chi connectivity index (χ2v) is 7.31. The summed E-state index contributed by atoms with van der Waals surface area (Å²) in [6, 6.07) is 12.3. The number of rotatable bonds is 7. The molecule has 1 aromatic heterocycles. The zero-order valence-corrected chi connectivity index (χ0v) is 21.3. The van der Waals surface area contributed by atoms with E-state index in [0.717, 1.165) is 12.1 Å². The fourth-order valence-corrected chi connectivity index (χ4v) is 2.45. The van der Waals surface area contributed by atoms with Gasteiger partial charge in [-0.1, -0.05) is 75.1 Å². The number of hydrogen-bond donors (Lipinski definition) is 0. The molecule has 0 atom stereocenters. The molecule has 0 bridgehead atoms. The van der Waals surface area contributed by atoms with E-state index in [9.17, 15) is 4.79 Å². The van der Waals surface area contributed by atoms with Gasteiger partial charge >= 0.3 is 5.97 Å². The van der Waals surface area contributed by atoms with Crippen LogP contribution in [-0.2, 0) is 17.6 Å². The van der Waals surface area contributed by atoms with Gasteiger partial charge in [-0.05, 0) is 64.2 Å².